The van der Waals surface area contributed by atoms with Crippen LogP contribution in [0.15, 0.2) is 29.1 Å². The van der Waals surface area contributed by atoms with E-state index in [0.29, 0.717) is 0 Å². The maximum absolute atomic E-state index is 12.4. The Morgan fingerprint density at radius 1 is 1.42 bits per heavy atom. The van der Waals surface area contributed by atoms with Crippen molar-refractivity contribution in [3.63, 3.8) is 0 Å². The van der Waals surface area contributed by atoms with Gasteiger partial charge in [0.2, 0.25) is 5.91 Å². The molecular formula is C13H12BrN3OS. The van der Waals surface area contributed by atoms with E-state index in [1.165, 1.54) is 11.3 Å². The molecule has 0 saturated heterocycles. The minimum absolute atomic E-state index is 0.0380. The number of carbonyl (C=O) groups is 1. The molecular weight excluding hydrogens is 326 g/mol. The van der Waals surface area contributed by atoms with Crippen molar-refractivity contribution in [3.8, 4) is 0 Å². The molecule has 1 aliphatic rings. The minimum atomic E-state index is -0.408. The van der Waals surface area contributed by atoms with E-state index in [9.17, 15) is 4.79 Å². The Balaban J connectivity index is 1.83. The van der Waals surface area contributed by atoms with Crippen LogP contribution in [0.2, 0.25) is 0 Å². The summed E-state index contributed by atoms with van der Waals surface area (Å²) in [6.07, 6.45) is 6.94. The fraction of sp³-hybridized carbons (Fsp3) is 0.308. The summed E-state index contributed by atoms with van der Waals surface area (Å²) in [4.78, 5) is 20.7. The van der Waals surface area contributed by atoms with Crippen molar-refractivity contribution in [2.45, 2.75) is 25.2 Å². The molecule has 1 fully saturated rings. The topological polar surface area (TPSA) is 54.9 Å². The van der Waals surface area contributed by atoms with Crippen molar-refractivity contribution in [2.24, 2.45) is 0 Å². The molecule has 19 heavy (non-hydrogen) atoms. The first-order chi connectivity index (χ1) is 9.10. The number of aryl methyl sites for hydroxylation is 1. The third-order valence-corrected chi connectivity index (χ3v) is 4.56. The van der Waals surface area contributed by atoms with Gasteiger partial charge in [0.25, 0.3) is 0 Å². The molecule has 1 N–H and O–H groups in total. The Morgan fingerprint density at radius 2 is 2.21 bits per heavy atom. The molecule has 0 aromatic carbocycles. The van der Waals surface area contributed by atoms with Gasteiger partial charge in [0, 0.05) is 16.9 Å². The van der Waals surface area contributed by atoms with Crippen LogP contribution in [0.5, 0.6) is 0 Å². The number of pyridine rings is 1. The normalized spacial score (nSPS) is 16.1. The van der Waals surface area contributed by atoms with Gasteiger partial charge < -0.3 is 5.32 Å². The van der Waals surface area contributed by atoms with Crippen molar-refractivity contribution in [2.75, 3.05) is 5.32 Å². The van der Waals surface area contributed by atoms with Gasteiger partial charge >= 0.3 is 0 Å². The number of hydrogen-bond donors (Lipinski definition) is 1. The zero-order valence-electron chi connectivity index (χ0n) is 10.3. The second-order valence-corrected chi connectivity index (χ2v) is 6.82. The van der Waals surface area contributed by atoms with Gasteiger partial charge in [-0.05, 0) is 47.3 Å². The average Bonchev–Trinajstić information content (AvgIpc) is 3.09. The summed E-state index contributed by atoms with van der Waals surface area (Å²) in [5.74, 6) is 0.0380. The molecule has 0 atom stereocenters. The predicted molar refractivity (Wildman–Crippen MR) is 78.3 cm³/mol. The van der Waals surface area contributed by atoms with Crippen LogP contribution in [0.3, 0.4) is 0 Å². The number of nitrogens with zero attached hydrogens (tertiary/aromatic N) is 2. The van der Waals surface area contributed by atoms with E-state index in [0.717, 1.165) is 32.9 Å². The van der Waals surface area contributed by atoms with Gasteiger partial charge in [0.1, 0.15) is 5.00 Å². The van der Waals surface area contributed by atoms with Gasteiger partial charge in [-0.15, -0.1) is 11.3 Å². The summed E-state index contributed by atoms with van der Waals surface area (Å²) in [7, 11) is 0. The zero-order valence-corrected chi connectivity index (χ0v) is 12.7. The van der Waals surface area contributed by atoms with E-state index in [4.69, 9.17) is 0 Å². The lowest BCUT2D eigenvalue weighted by Crippen LogP contribution is -2.27. The van der Waals surface area contributed by atoms with Gasteiger partial charge in [-0.25, -0.2) is 4.98 Å². The monoisotopic (exact) mass is 337 g/mol. The fourth-order valence-corrected chi connectivity index (χ4v) is 3.13. The summed E-state index contributed by atoms with van der Waals surface area (Å²) >= 11 is 4.89. The lowest BCUT2D eigenvalue weighted by atomic mass is 9.97. The molecule has 6 heteroatoms. The van der Waals surface area contributed by atoms with E-state index in [-0.39, 0.29) is 5.91 Å². The summed E-state index contributed by atoms with van der Waals surface area (Å²) in [5, 5.41) is 4.71. The van der Waals surface area contributed by atoms with Crippen molar-refractivity contribution < 1.29 is 4.79 Å². The molecule has 0 bridgehead atoms. The standard InChI is InChI=1S/C13H12BrN3OS/c1-8-16-7-11(19-8)17-12(18)13(2-3-13)9-4-10(14)6-15-5-9/h4-7H,2-3H2,1H3,(H,17,18). The van der Waals surface area contributed by atoms with Crippen LogP contribution in [0.4, 0.5) is 5.00 Å². The highest BCUT2D eigenvalue weighted by Gasteiger charge is 2.51. The molecule has 0 radical (unpaired) electrons. The van der Waals surface area contributed by atoms with E-state index < -0.39 is 5.41 Å². The van der Waals surface area contributed by atoms with Gasteiger partial charge in [-0.2, -0.15) is 0 Å². The van der Waals surface area contributed by atoms with Crippen molar-refractivity contribution in [1.82, 2.24) is 9.97 Å². The first kappa shape index (κ1) is 12.7. The van der Waals surface area contributed by atoms with Gasteiger partial charge in [-0.1, -0.05) is 0 Å². The average molecular weight is 338 g/mol. The van der Waals surface area contributed by atoms with Gasteiger partial charge in [0.15, 0.2) is 0 Å². The molecule has 0 aliphatic heterocycles. The summed E-state index contributed by atoms with van der Waals surface area (Å²) in [6.45, 7) is 1.92. The minimum Gasteiger partial charge on any atom is -0.316 e. The van der Waals surface area contributed by atoms with Crippen molar-refractivity contribution in [3.05, 3.63) is 39.7 Å². The number of anilines is 1. The highest BCUT2D eigenvalue weighted by atomic mass is 79.9. The van der Waals surface area contributed by atoms with Crippen molar-refractivity contribution in [1.29, 1.82) is 0 Å². The third-order valence-electron chi connectivity index (χ3n) is 3.30. The molecule has 1 saturated carbocycles. The second-order valence-electron chi connectivity index (χ2n) is 4.67. The van der Waals surface area contributed by atoms with E-state index >= 15 is 0 Å². The Bertz CT molecular complexity index is 636. The first-order valence-corrected chi connectivity index (χ1v) is 7.56. The Kier molecular flexibility index (Phi) is 3.14. The van der Waals surface area contributed by atoms with Crippen LogP contribution < -0.4 is 5.32 Å². The molecule has 1 amide bonds. The highest BCUT2D eigenvalue weighted by molar-refractivity contribution is 9.10. The van der Waals surface area contributed by atoms with Crippen LogP contribution in [0.25, 0.3) is 0 Å². The summed E-state index contributed by atoms with van der Waals surface area (Å²) in [6, 6.07) is 1.97. The van der Waals surface area contributed by atoms with Crippen LogP contribution in [0, 0.1) is 6.92 Å². The molecule has 2 aromatic rings. The largest absolute Gasteiger partial charge is 0.316 e. The number of nitrogens with one attached hydrogen (secondary N) is 1. The smallest absolute Gasteiger partial charge is 0.235 e. The van der Waals surface area contributed by atoms with E-state index in [1.54, 1.807) is 18.6 Å². The maximum atomic E-state index is 12.4. The van der Waals surface area contributed by atoms with E-state index in [1.807, 2.05) is 13.0 Å². The van der Waals surface area contributed by atoms with Crippen LogP contribution >= 0.6 is 27.3 Å². The Morgan fingerprint density at radius 3 is 2.79 bits per heavy atom. The zero-order chi connectivity index (χ0) is 13.5. The maximum Gasteiger partial charge on any atom is 0.235 e. The van der Waals surface area contributed by atoms with E-state index in [2.05, 4.69) is 31.2 Å². The van der Waals surface area contributed by atoms with Crippen LogP contribution in [-0.2, 0) is 10.2 Å². The number of aromatic nitrogens is 2. The van der Waals surface area contributed by atoms with Gasteiger partial charge in [-0.3, -0.25) is 9.78 Å². The highest BCUT2D eigenvalue weighted by Crippen LogP contribution is 2.49. The lowest BCUT2D eigenvalue weighted by Gasteiger charge is -2.14. The number of thiazole rings is 1. The number of hydrogen-bond acceptors (Lipinski definition) is 4. The summed E-state index contributed by atoms with van der Waals surface area (Å²) in [5.41, 5.74) is 0.565. The number of halogens is 1. The van der Waals surface area contributed by atoms with Crippen LogP contribution in [0.1, 0.15) is 23.4 Å². The Hall–Kier alpha value is -1.27. The van der Waals surface area contributed by atoms with Crippen LogP contribution in [-0.4, -0.2) is 15.9 Å². The lowest BCUT2D eigenvalue weighted by molar-refractivity contribution is -0.118. The Labute approximate surface area is 123 Å². The second kappa shape index (κ2) is 4.68. The fourth-order valence-electron chi connectivity index (χ4n) is 2.10. The molecule has 3 rings (SSSR count). The molecule has 0 unspecified atom stereocenters. The molecule has 98 valence electrons. The molecule has 1 aliphatic carbocycles. The molecule has 4 nitrogen and oxygen atoms in total. The third kappa shape index (κ3) is 2.42. The quantitative estimate of drug-likeness (QED) is 0.934. The number of carbonyl (C=O) groups excluding carboxylic acids is 1. The van der Waals surface area contributed by atoms with Crippen molar-refractivity contribution >= 4 is 38.2 Å². The van der Waals surface area contributed by atoms with Gasteiger partial charge in [0.05, 0.1) is 16.6 Å². The first-order valence-electron chi connectivity index (χ1n) is 5.95. The number of amides is 1. The molecule has 2 aromatic heterocycles. The number of rotatable bonds is 3. The molecule has 2 heterocycles. The summed E-state index contributed by atoms with van der Waals surface area (Å²) < 4.78 is 0.901. The molecule has 0 spiro atoms. The SMILES string of the molecule is Cc1ncc(NC(=O)C2(c3cncc(Br)c3)CC2)s1. The predicted octanol–water partition coefficient (Wildman–Crippen LogP) is 3.28.